The molecule has 2 aromatic carbocycles. The van der Waals surface area contributed by atoms with E-state index in [1.54, 1.807) is 30.3 Å². The summed E-state index contributed by atoms with van der Waals surface area (Å²) < 4.78 is 2.88. The standard InChI is InChI=1S/C25H23BrN4O3/c1-15-13-17(16(2)29(15)20-11-9-19(10-12-20)28(3)4)14-22-23(31)27-25(33)30(24(22)32)21-7-5-18(26)6-8-21/h5-14H,1-4H3,(H,27,31,33). The smallest absolute Gasteiger partial charge is 0.335 e. The van der Waals surface area contributed by atoms with Crippen molar-refractivity contribution < 1.29 is 14.4 Å². The molecule has 0 saturated carbocycles. The van der Waals surface area contributed by atoms with Crippen molar-refractivity contribution in [2.45, 2.75) is 13.8 Å². The van der Waals surface area contributed by atoms with Gasteiger partial charge in [0.15, 0.2) is 0 Å². The summed E-state index contributed by atoms with van der Waals surface area (Å²) in [7, 11) is 3.97. The molecule has 1 fully saturated rings. The fourth-order valence-electron chi connectivity index (χ4n) is 3.87. The lowest BCUT2D eigenvalue weighted by molar-refractivity contribution is -0.122. The zero-order chi connectivity index (χ0) is 23.9. The molecule has 1 aliphatic rings. The first-order chi connectivity index (χ1) is 15.7. The number of hydrogen-bond acceptors (Lipinski definition) is 4. The van der Waals surface area contributed by atoms with Crippen LogP contribution in [0, 0.1) is 13.8 Å². The maximum atomic E-state index is 13.2. The topological polar surface area (TPSA) is 74.6 Å². The van der Waals surface area contributed by atoms with Gasteiger partial charge < -0.3 is 9.47 Å². The third-order valence-electron chi connectivity index (χ3n) is 5.58. The van der Waals surface area contributed by atoms with Gasteiger partial charge in [-0.25, -0.2) is 9.69 Å². The summed E-state index contributed by atoms with van der Waals surface area (Å²) in [6.45, 7) is 3.90. The summed E-state index contributed by atoms with van der Waals surface area (Å²) in [5, 5.41) is 2.27. The molecule has 1 aromatic heterocycles. The van der Waals surface area contributed by atoms with Crippen LogP contribution >= 0.6 is 15.9 Å². The Bertz CT molecular complexity index is 1290. The van der Waals surface area contributed by atoms with Gasteiger partial charge in [-0.1, -0.05) is 15.9 Å². The summed E-state index contributed by atoms with van der Waals surface area (Å²) in [5.74, 6) is -1.37. The Morgan fingerprint density at radius 2 is 1.52 bits per heavy atom. The minimum atomic E-state index is -0.768. The number of imide groups is 2. The molecular formula is C25H23BrN4O3. The van der Waals surface area contributed by atoms with Crippen LogP contribution in [-0.4, -0.2) is 36.5 Å². The minimum absolute atomic E-state index is 0.0966. The molecule has 0 bridgehead atoms. The number of amides is 4. The van der Waals surface area contributed by atoms with Crippen molar-refractivity contribution >= 4 is 51.2 Å². The van der Waals surface area contributed by atoms with Crippen LogP contribution in [0.4, 0.5) is 16.2 Å². The van der Waals surface area contributed by atoms with Gasteiger partial charge in [0.2, 0.25) is 0 Å². The van der Waals surface area contributed by atoms with Gasteiger partial charge in [0, 0.05) is 41.3 Å². The first-order valence-electron chi connectivity index (χ1n) is 10.3. The number of nitrogens with zero attached hydrogens (tertiary/aromatic N) is 3. The number of barbiturate groups is 1. The first-order valence-corrected chi connectivity index (χ1v) is 11.1. The van der Waals surface area contributed by atoms with Crippen LogP contribution in [0.15, 0.2) is 64.6 Å². The van der Waals surface area contributed by atoms with Gasteiger partial charge in [-0.3, -0.25) is 14.9 Å². The van der Waals surface area contributed by atoms with Gasteiger partial charge in [0.1, 0.15) is 5.57 Å². The molecule has 2 heterocycles. The molecule has 7 nitrogen and oxygen atoms in total. The van der Waals surface area contributed by atoms with Crippen LogP contribution in [0.1, 0.15) is 17.0 Å². The number of aryl methyl sites for hydroxylation is 1. The largest absolute Gasteiger partial charge is 0.378 e. The molecule has 0 atom stereocenters. The van der Waals surface area contributed by atoms with E-state index in [2.05, 4.69) is 25.8 Å². The fourth-order valence-corrected chi connectivity index (χ4v) is 4.13. The summed E-state index contributed by atoms with van der Waals surface area (Å²) in [6.07, 6.45) is 1.54. The Balaban J connectivity index is 1.72. The average Bonchev–Trinajstić information content (AvgIpc) is 3.05. The second-order valence-corrected chi connectivity index (χ2v) is 8.92. The Kier molecular flexibility index (Phi) is 5.95. The van der Waals surface area contributed by atoms with Gasteiger partial charge >= 0.3 is 6.03 Å². The highest BCUT2D eigenvalue weighted by atomic mass is 79.9. The van der Waals surface area contributed by atoms with Crippen molar-refractivity contribution in [1.29, 1.82) is 0 Å². The predicted octanol–water partition coefficient (Wildman–Crippen LogP) is 4.59. The lowest BCUT2D eigenvalue weighted by Gasteiger charge is -2.26. The molecule has 4 rings (SSSR count). The molecule has 1 saturated heterocycles. The average molecular weight is 507 g/mol. The molecule has 33 heavy (non-hydrogen) atoms. The third-order valence-corrected chi connectivity index (χ3v) is 6.11. The van der Waals surface area contributed by atoms with Crippen LogP contribution in [0.5, 0.6) is 0 Å². The summed E-state index contributed by atoms with van der Waals surface area (Å²) >= 11 is 3.34. The molecule has 1 aliphatic heterocycles. The lowest BCUT2D eigenvalue weighted by Crippen LogP contribution is -2.54. The molecule has 8 heteroatoms. The number of carbonyl (C=O) groups is 3. The second kappa shape index (κ2) is 8.71. The van der Waals surface area contributed by atoms with E-state index in [1.165, 1.54) is 0 Å². The summed E-state index contributed by atoms with van der Waals surface area (Å²) in [5.41, 5.74) is 4.92. The highest BCUT2D eigenvalue weighted by Crippen LogP contribution is 2.27. The molecule has 4 amide bonds. The van der Waals surface area contributed by atoms with Crippen LogP contribution in [0.25, 0.3) is 11.8 Å². The lowest BCUT2D eigenvalue weighted by atomic mass is 10.1. The van der Waals surface area contributed by atoms with Gasteiger partial charge in [-0.15, -0.1) is 0 Å². The molecule has 1 N–H and O–H groups in total. The Labute approximate surface area is 200 Å². The molecule has 3 aromatic rings. The Morgan fingerprint density at radius 1 is 0.909 bits per heavy atom. The van der Waals surface area contributed by atoms with E-state index in [4.69, 9.17) is 0 Å². The Morgan fingerprint density at radius 3 is 2.12 bits per heavy atom. The normalized spacial score (nSPS) is 15.2. The third kappa shape index (κ3) is 4.21. The number of rotatable bonds is 4. The number of halogens is 1. The number of benzene rings is 2. The van der Waals surface area contributed by atoms with Gasteiger partial charge in [-0.2, -0.15) is 0 Å². The van der Waals surface area contributed by atoms with Crippen molar-refractivity contribution in [3.63, 3.8) is 0 Å². The van der Waals surface area contributed by atoms with Crippen LogP contribution in [0.2, 0.25) is 0 Å². The van der Waals surface area contributed by atoms with Crippen LogP contribution in [0.3, 0.4) is 0 Å². The second-order valence-electron chi connectivity index (χ2n) is 8.01. The van der Waals surface area contributed by atoms with E-state index in [0.29, 0.717) is 5.69 Å². The summed E-state index contributed by atoms with van der Waals surface area (Å²) in [4.78, 5) is 41.1. The minimum Gasteiger partial charge on any atom is -0.378 e. The summed E-state index contributed by atoms with van der Waals surface area (Å²) in [6, 6.07) is 16.0. The fraction of sp³-hybridized carbons (Fsp3) is 0.160. The van der Waals surface area contributed by atoms with Gasteiger partial charge in [0.25, 0.3) is 11.8 Å². The number of urea groups is 1. The van der Waals surface area contributed by atoms with E-state index >= 15 is 0 Å². The van der Waals surface area contributed by atoms with E-state index in [1.807, 2.05) is 63.2 Å². The number of nitrogens with one attached hydrogen (secondary N) is 1. The zero-order valence-electron chi connectivity index (χ0n) is 18.7. The first kappa shape index (κ1) is 22.5. The van der Waals surface area contributed by atoms with Gasteiger partial charge in [0.05, 0.1) is 5.69 Å². The van der Waals surface area contributed by atoms with Crippen molar-refractivity contribution in [2.75, 3.05) is 23.9 Å². The van der Waals surface area contributed by atoms with E-state index in [9.17, 15) is 14.4 Å². The van der Waals surface area contributed by atoms with E-state index < -0.39 is 17.8 Å². The predicted molar refractivity (Wildman–Crippen MR) is 133 cm³/mol. The molecule has 0 unspecified atom stereocenters. The quantitative estimate of drug-likeness (QED) is 0.414. The van der Waals surface area contributed by atoms with E-state index in [0.717, 1.165) is 37.7 Å². The highest BCUT2D eigenvalue weighted by molar-refractivity contribution is 9.10. The van der Waals surface area contributed by atoms with E-state index in [-0.39, 0.29) is 5.57 Å². The number of hydrogen-bond donors (Lipinski definition) is 1. The van der Waals surface area contributed by atoms with Crippen molar-refractivity contribution in [2.24, 2.45) is 0 Å². The van der Waals surface area contributed by atoms with Crippen molar-refractivity contribution in [1.82, 2.24) is 9.88 Å². The van der Waals surface area contributed by atoms with Crippen LogP contribution < -0.4 is 15.1 Å². The number of aromatic nitrogens is 1. The molecule has 168 valence electrons. The SMILES string of the molecule is Cc1cc(C=C2C(=O)NC(=O)N(c3ccc(Br)cc3)C2=O)c(C)n1-c1ccc(N(C)C)cc1. The number of anilines is 2. The van der Waals surface area contributed by atoms with Gasteiger partial charge in [-0.05, 0) is 80.1 Å². The number of carbonyl (C=O) groups excluding carboxylic acids is 3. The molecule has 0 radical (unpaired) electrons. The molecule has 0 spiro atoms. The maximum absolute atomic E-state index is 13.2. The highest BCUT2D eigenvalue weighted by Gasteiger charge is 2.37. The molecule has 0 aliphatic carbocycles. The monoisotopic (exact) mass is 506 g/mol. The molecular weight excluding hydrogens is 484 g/mol. The van der Waals surface area contributed by atoms with Crippen molar-refractivity contribution in [3.05, 3.63) is 81.6 Å². The van der Waals surface area contributed by atoms with Crippen LogP contribution in [-0.2, 0) is 9.59 Å². The zero-order valence-corrected chi connectivity index (χ0v) is 20.3. The maximum Gasteiger partial charge on any atom is 0.335 e. The van der Waals surface area contributed by atoms with Crippen molar-refractivity contribution in [3.8, 4) is 5.69 Å². The Hall–Kier alpha value is -3.65.